The number of aliphatic imine (C=N–C) groups is 1. The van der Waals surface area contributed by atoms with Crippen molar-refractivity contribution in [3.63, 3.8) is 0 Å². The number of para-hydroxylation sites is 2. The van der Waals surface area contributed by atoms with E-state index in [1.165, 1.54) is 0 Å². The fraction of sp³-hybridized carbons (Fsp3) is 0.350. The second-order valence-corrected chi connectivity index (χ2v) is 7.34. The molecular formula is C20H24ClN5. The summed E-state index contributed by atoms with van der Waals surface area (Å²) in [6.07, 6.45) is 0. The van der Waals surface area contributed by atoms with E-state index in [2.05, 4.69) is 52.2 Å². The van der Waals surface area contributed by atoms with Gasteiger partial charge in [-0.1, -0.05) is 23.7 Å². The molecule has 1 fully saturated rings. The third kappa shape index (κ3) is 3.43. The second kappa shape index (κ2) is 7.27. The Morgan fingerprint density at radius 3 is 2.58 bits per heavy atom. The van der Waals surface area contributed by atoms with E-state index >= 15 is 0 Å². The van der Waals surface area contributed by atoms with Gasteiger partial charge in [-0.25, -0.2) is 0 Å². The van der Waals surface area contributed by atoms with Gasteiger partial charge < -0.3 is 10.2 Å². The Morgan fingerprint density at radius 1 is 1.04 bits per heavy atom. The first-order valence-electron chi connectivity index (χ1n) is 8.99. The quantitative estimate of drug-likeness (QED) is 0.636. The van der Waals surface area contributed by atoms with Crippen LogP contribution in [0.15, 0.2) is 47.5 Å². The Labute approximate surface area is 159 Å². The molecule has 0 bridgehead atoms. The van der Waals surface area contributed by atoms with E-state index < -0.39 is 0 Å². The number of hydrogen-bond donors (Lipinski definition) is 1. The molecule has 0 unspecified atom stereocenters. The van der Waals surface area contributed by atoms with Crippen molar-refractivity contribution in [1.29, 1.82) is 0 Å². The molecule has 2 aromatic rings. The molecule has 5 nitrogen and oxygen atoms in total. The van der Waals surface area contributed by atoms with Crippen LogP contribution in [-0.2, 0) is 0 Å². The molecule has 2 aliphatic rings. The van der Waals surface area contributed by atoms with Gasteiger partial charge in [0.25, 0.3) is 0 Å². The minimum atomic E-state index is 0.724. The topological polar surface area (TPSA) is 34.1 Å². The molecular weight excluding hydrogens is 346 g/mol. The number of amidine groups is 1. The lowest BCUT2D eigenvalue weighted by molar-refractivity contribution is 0.158. The SMILES string of the molecule is CC(=NCN1CCN(C)CC1)N1c2ccccc2Nc2ccc(Cl)cc21. The van der Waals surface area contributed by atoms with Crippen LogP contribution in [0, 0.1) is 0 Å². The van der Waals surface area contributed by atoms with Crippen LogP contribution in [0.2, 0.25) is 5.02 Å². The highest BCUT2D eigenvalue weighted by molar-refractivity contribution is 6.31. The number of nitrogens with one attached hydrogen (secondary N) is 1. The summed E-state index contributed by atoms with van der Waals surface area (Å²) < 4.78 is 0. The normalized spacial score (nSPS) is 18.3. The molecule has 1 saturated heterocycles. The molecule has 0 aromatic heterocycles. The largest absolute Gasteiger partial charge is 0.352 e. The first-order chi connectivity index (χ1) is 12.6. The summed E-state index contributed by atoms with van der Waals surface area (Å²) in [6, 6.07) is 14.2. The predicted molar refractivity (Wildman–Crippen MR) is 110 cm³/mol. The van der Waals surface area contributed by atoms with Gasteiger partial charge in [0.05, 0.1) is 29.4 Å². The van der Waals surface area contributed by atoms with E-state index in [0.717, 1.165) is 66.5 Å². The summed E-state index contributed by atoms with van der Waals surface area (Å²) in [4.78, 5) is 11.9. The van der Waals surface area contributed by atoms with Gasteiger partial charge >= 0.3 is 0 Å². The molecule has 26 heavy (non-hydrogen) atoms. The van der Waals surface area contributed by atoms with E-state index in [1.807, 2.05) is 24.3 Å². The number of benzene rings is 2. The van der Waals surface area contributed by atoms with Crippen molar-refractivity contribution < 1.29 is 0 Å². The maximum atomic E-state index is 6.28. The summed E-state index contributed by atoms with van der Waals surface area (Å²) >= 11 is 6.28. The highest BCUT2D eigenvalue weighted by atomic mass is 35.5. The first kappa shape index (κ1) is 17.3. The summed E-state index contributed by atoms with van der Waals surface area (Å²) in [7, 11) is 2.17. The van der Waals surface area contributed by atoms with Crippen molar-refractivity contribution in [3.8, 4) is 0 Å². The zero-order valence-corrected chi connectivity index (χ0v) is 16.0. The van der Waals surface area contributed by atoms with Crippen LogP contribution < -0.4 is 10.2 Å². The van der Waals surface area contributed by atoms with E-state index in [9.17, 15) is 0 Å². The van der Waals surface area contributed by atoms with Crippen LogP contribution in [0.3, 0.4) is 0 Å². The van der Waals surface area contributed by atoms with E-state index in [0.29, 0.717) is 0 Å². The number of fused-ring (bicyclic) bond motifs is 2. The maximum absolute atomic E-state index is 6.28. The van der Waals surface area contributed by atoms with Crippen molar-refractivity contribution in [1.82, 2.24) is 9.80 Å². The van der Waals surface area contributed by atoms with E-state index in [1.54, 1.807) is 0 Å². The molecule has 0 radical (unpaired) electrons. The molecule has 1 N–H and O–H groups in total. The molecule has 136 valence electrons. The molecule has 0 spiro atoms. The van der Waals surface area contributed by atoms with E-state index in [4.69, 9.17) is 16.6 Å². The number of anilines is 4. The second-order valence-electron chi connectivity index (χ2n) is 6.91. The van der Waals surface area contributed by atoms with Gasteiger partial charge in [0.15, 0.2) is 0 Å². The third-order valence-corrected chi connectivity index (χ3v) is 5.27. The number of rotatable bonds is 2. The maximum Gasteiger partial charge on any atom is 0.106 e. The average molecular weight is 370 g/mol. The van der Waals surface area contributed by atoms with Gasteiger partial charge in [0, 0.05) is 31.2 Å². The smallest absolute Gasteiger partial charge is 0.106 e. The Hall–Kier alpha value is -2.08. The number of halogens is 1. The number of hydrogen-bond acceptors (Lipinski definition) is 4. The molecule has 2 aliphatic heterocycles. The van der Waals surface area contributed by atoms with Gasteiger partial charge in [-0.3, -0.25) is 14.8 Å². The summed E-state index contributed by atoms with van der Waals surface area (Å²) in [6.45, 7) is 7.12. The molecule has 4 rings (SSSR count). The molecule has 0 amide bonds. The number of piperazine rings is 1. The fourth-order valence-electron chi connectivity index (χ4n) is 3.46. The summed E-state index contributed by atoms with van der Waals surface area (Å²) in [5.74, 6) is 0.974. The Balaban J connectivity index is 1.64. The highest BCUT2D eigenvalue weighted by Crippen LogP contribution is 2.44. The lowest BCUT2D eigenvalue weighted by atomic mass is 10.1. The molecule has 6 heteroatoms. The van der Waals surface area contributed by atoms with Gasteiger partial charge in [0.2, 0.25) is 0 Å². The van der Waals surface area contributed by atoms with E-state index in [-0.39, 0.29) is 0 Å². The number of nitrogens with zero attached hydrogens (tertiary/aromatic N) is 4. The first-order valence-corrected chi connectivity index (χ1v) is 9.37. The average Bonchev–Trinajstić information content (AvgIpc) is 2.65. The Bertz CT molecular complexity index is 827. The lowest BCUT2D eigenvalue weighted by Gasteiger charge is -2.34. The van der Waals surface area contributed by atoms with Crippen LogP contribution >= 0.6 is 11.6 Å². The monoisotopic (exact) mass is 369 g/mol. The molecule has 0 aliphatic carbocycles. The Morgan fingerprint density at radius 2 is 1.77 bits per heavy atom. The fourth-order valence-corrected chi connectivity index (χ4v) is 3.62. The highest BCUT2D eigenvalue weighted by Gasteiger charge is 2.24. The molecule has 2 heterocycles. The number of likely N-dealkylation sites (N-methyl/N-ethyl adjacent to an activating group) is 1. The zero-order valence-electron chi connectivity index (χ0n) is 15.2. The molecule has 2 aromatic carbocycles. The standard InChI is InChI=1S/C20H24ClN5/c1-15(22-14-25-11-9-24(2)10-12-25)26-19-6-4-3-5-17(19)23-18-8-7-16(21)13-20(18)26/h3-8,13,23H,9-12,14H2,1-2H3. The predicted octanol–water partition coefficient (Wildman–Crippen LogP) is 4.16. The van der Waals surface area contributed by atoms with Crippen LogP contribution in [0.25, 0.3) is 0 Å². The van der Waals surface area contributed by atoms with Crippen molar-refractivity contribution in [2.24, 2.45) is 4.99 Å². The van der Waals surface area contributed by atoms with Gasteiger partial charge in [-0.05, 0) is 44.3 Å². The molecule has 0 saturated carbocycles. The van der Waals surface area contributed by atoms with Crippen molar-refractivity contribution in [2.75, 3.05) is 50.1 Å². The van der Waals surface area contributed by atoms with Crippen molar-refractivity contribution in [2.45, 2.75) is 6.92 Å². The van der Waals surface area contributed by atoms with Crippen LogP contribution in [0.1, 0.15) is 6.92 Å². The lowest BCUT2D eigenvalue weighted by Crippen LogP contribution is -2.44. The third-order valence-electron chi connectivity index (χ3n) is 5.03. The van der Waals surface area contributed by atoms with Gasteiger partial charge in [-0.15, -0.1) is 0 Å². The van der Waals surface area contributed by atoms with Crippen LogP contribution in [0.5, 0.6) is 0 Å². The minimum absolute atomic E-state index is 0.724. The minimum Gasteiger partial charge on any atom is -0.352 e. The van der Waals surface area contributed by atoms with Crippen LogP contribution in [0.4, 0.5) is 22.7 Å². The van der Waals surface area contributed by atoms with Gasteiger partial charge in [-0.2, -0.15) is 0 Å². The van der Waals surface area contributed by atoms with Crippen LogP contribution in [-0.4, -0.2) is 55.5 Å². The zero-order chi connectivity index (χ0) is 18.1. The Kier molecular flexibility index (Phi) is 4.85. The van der Waals surface area contributed by atoms with Gasteiger partial charge in [0.1, 0.15) is 5.84 Å². The molecule has 0 atom stereocenters. The van der Waals surface area contributed by atoms with Crippen molar-refractivity contribution >= 4 is 40.2 Å². The van der Waals surface area contributed by atoms with Crippen molar-refractivity contribution in [3.05, 3.63) is 47.5 Å². The summed E-state index contributed by atoms with van der Waals surface area (Å²) in [5, 5.41) is 4.22. The summed E-state index contributed by atoms with van der Waals surface area (Å²) in [5.41, 5.74) is 4.26.